The summed E-state index contributed by atoms with van der Waals surface area (Å²) in [4.78, 5) is 14.8. The highest BCUT2D eigenvalue weighted by atomic mass is 19.3. The topological polar surface area (TPSA) is 39.2 Å². The van der Waals surface area contributed by atoms with E-state index in [0.717, 1.165) is 12.3 Å². The van der Waals surface area contributed by atoms with Gasteiger partial charge >= 0.3 is 5.97 Å². The molecule has 92 valence electrons. The van der Waals surface area contributed by atoms with Crippen molar-refractivity contribution >= 4 is 5.97 Å². The second-order valence-electron chi connectivity index (χ2n) is 4.04. The van der Waals surface area contributed by atoms with Crippen molar-refractivity contribution in [3.8, 4) is 0 Å². The number of halogens is 3. The van der Waals surface area contributed by atoms with Gasteiger partial charge in [0.15, 0.2) is 0 Å². The number of alkyl halides is 2. The Hall–Kier alpha value is -1.59. The van der Waals surface area contributed by atoms with Crippen molar-refractivity contribution in [2.75, 3.05) is 7.11 Å². The molecular formula is C11H10F3NO2. The molecule has 0 spiro atoms. The van der Waals surface area contributed by atoms with Crippen LogP contribution < -0.4 is 0 Å². The molecular weight excluding hydrogens is 235 g/mol. The van der Waals surface area contributed by atoms with Crippen molar-refractivity contribution in [3.05, 3.63) is 29.3 Å². The average Bonchev–Trinajstić information content (AvgIpc) is 2.24. The SMILES string of the molecule is COC(=O)c1cnc(C2CC(F)(F)C2)c(F)c1. The van der Waals surface area contributed by atoms with E-state index in [1.807, 2.05) is 0 Å². The fourth-order valence-corrected chi connectivity index (χ4v) is 1.83. The fraction of sp³-hybridized carbons (Fsp3) is 0.455. The first kappa shape index (κ1) is 11.9. The molecule has 1 aromatic heterocycles. The van der Waals surface area contributed by atoms with Gasteiger partial charge in [-0.05, 0) is 6.07 Å². The Labute approximate surface area is 95.6 Å². The van der Waals surface area contributed by atoms with Crippen LogP contribution in [0.1, 0.15) is 34.8 Å². The van der Waals surface area contributed by atoms with Crippen molar-refractivity contribution in [1.29, 1.82) is 0 Å². The molecule has 1 heterocycles. The fourth-order valence-electron chi connectivity index (χ4n) is 1.83. The first-order valence-corrected chi connectivity index (χ1v) is 5.04. The van der Waals surface area contributed by atoms with E-state index in [1.165, 1.54) is 7.11 Å². The highest BCUT2D eigenvalue weighted by Crippen LogP contribution is 2.48. The predicted octanol–water partition coefficient (Wildman–Crippen LogP) is 2.52. The highest BCUT2D eigenvalue weighted by molar-refractivity contribution is 5.88. The maximum atomic E-state index is 13.6. The standard InChI is InChI=1S/C11H10F3NO2/c1-17-10(16)6-2-8(12)9(15-5-6)7-3-11(13,14)4-7/h2,5,7H,3-4H2,1H3. The van der Waals surface area contributed by atoms with Crippen LogP contribution in [0.4, 0.5) is 13.2 Å². The molecule has 1 aliphatic carbocycles. The van der Waals surface area contributed by atoms with E-state index in [4.69, 9.17) is 0 Å². The maximum Gasteiger partial charge on any atom is 0.339 e. The van der Waals surface area contributed by atoms with Gasteiger partial charge in [0, 0.05) is 25.0 Å². The number of aromatic nitrogens is 1. The number of hydrogen-bond donors (Lipinski definition) is 0. The molecule has 3 nitrogen and oxygen atoms in total. The summed E-state index contributed by atoms with van der Waals surface area (Å²) in [6.45, 7) is 0. The molecule has 0 radical (unpaired) electrons. The van der Waals surface area contributed by atoms with Crippen LogP contribution in [0.15, 0.2) is 12.3 Å². The van der Waals surface area contributed by atoms with Gasteiger partial charge in [-0.2, -0.15) is 0 Å². The van der Waals surface area contributed by atoms with Gasteiger partial charge in [-0.15, -0.1) is 0 Å². The number of nitrogens with zero attached hydrogens (tertiary/aromatic N) is 1. The monoisotopic (exact) mass is 245 g/mol. The zero-order chi connectivity index (χ0) is 12.6. The van der Waals surface area contributed by atoms with Crippen LogP contribution in [0.2, 0.25) is 0 Å². The van der Waals surface area contributed by atoms with Crippen LogP contribution in [0.25, 0.3) is 0 Å². The minimum atomic E-state index is -2.72. The lowest BCUT2D eigenvalue weighted by Crippen LogP contribution is -2.34. The van der Waals surface area contributed by atoms with Gasteiger partial charge in [-0.1, -0.05) is 0 Å². The summed E-state index contributed by atoms with van der Waals surface area (Å²) in [5.41, 5.74) is -0.0385. The van der Waals surface area contributed by atoms with Gasteiger partial charge in [0.1, 0.15) is 5.82 Å². The van der Waals surface area contributed by atoms with E-state index in [2.05, 4.69) is 9.72 Å². The number of methoxy groups -OCH3 is 1. The van der Waals surface area contributed by atoms with Gasteiger partial charge < -0.3 is 4.74 Å². The Morgan fingerprint density at radius 2 is 2.18 bits per heavy atom. The molecule has 0 unspecified atom stereocenters. The number of rotatable bonds is 2. The van der Waals surface area contributed by atoms with E-state index in [-0.39, 0.29) is 11.3 Å². The lowest BCUT2D eigenvalue weighted by molar-refractivity contribution is -0.0882. The summed E-state index contributed by atoms with van der Waals surface area (Å²) in [7, 11) is 1.17. The van der Waals surface area contributed by atoms with E-state index >= 15 is 0 Å². The molecule has 0 aliphatic heterocycles. The first-order valence-electron chi connectivity index (χ1n) is 5.04. The van der Waals surface area contributed by atoms with Crippen molar-refractivity contribution in [1.82, 2.24) is 4.98 Å². The molecule has 1 aliphatic rings. The quantitative estimate of drug-likeness (QED) is 0.751. The average molecular weight is 245 g/mol. The molecule has 1 saturated carbocycles. The number of pyridine rings is 1. The Morgan fingerprint density at radius 1 is 1.53 bits per heavy atom. The van der Waals surface area contributed by atoms with Gasteiger partial charge in [0.05, 0.1) is 18.4 Å². The third-order valence-corrected chi connectivity index (χ3v) is 2.77. The number of ether oxygens (including phenoxy) is 1. The van der Waals surface area contributed by atoms with Crippen molar-refractivity contribution in [2.24, 2.45) is 0 Å². The van der Waals surface area contributed by atoms with Gasteiger partial charge in [0.2, 0.25) is 5.92 Å². The minimum Gasteiger partial charge on any atom is -0.465 e. The van der Waals surface area contributed by atoms with E-state index in [9.17, 15) is 18.0 Å². The number of carbonyl (C=O) groups is 1. The van der Waals surface area contributed by atoms with E-state index in [0.29, 0.717) is 0 Å². The van der Waals surface area contributed by atoms with Crippen molar-refractivity contribution in [2.45, 2.75) is 24.7 Å². The summed E-state index contributed by atoms with van der Waals surface area (Å²) in [6.07, 6.45) is 0.351. The lowest BCUT2D eigenvalue weighted by Gasteiger charge is -2.34. The summed E-state index contributed by atoms with van der Waals surface area (Å²) < 4.78 is 43.2. The number of esters is 1. The molecule has 0 atom stereocenters. The molecule has 1 fully saturated rings. The highest BCUT2D eigenvalue weighted by Gasteiger charge is 2.47. The molecule has 0 amide bonds. The molecule has 0 bridgehead atoms. The van der Waals surface area contributed by atoms with Crippen molar-refractivity contribution in [3.63, 3.8) is 0 Å². The molecule has 0 N–H and O–H groups in total. The summed E-state index contributed by atoms with van der Waals surface area (Å²) >= 11 is 0. The number of hydrogen-bond acceptors (Lipinski definition) is 3. The second-order valence-corrected chi connectivity index (χ2v) is 4.04. The summed E-state index contributed by atoms with van der Waals surface area (Å²) in [5.74, 6) is -4.74. The summed E-state index contributed by atoms with van der Waals surface area (Å²) in [5, 5.41) is 0. The van der Waals surface area contributed by atoms with Crippen molar-refractivity contribution < 1.29 is 22.7 Å². The number of carbonyl (C=O) groups excluding carboxylic acids is 1. The molecule has 0 aromatic carbocycles. The third kappa shape index (κ3) is 2.25. The zero-order valence-electron chi connectivity index (χ0n) is 9.04. The van der Waals surface area contributed by atoms with E-state index < -0.39 is 36.5 Å². The Morgan fingerprint density at radius 3 is 2.65 bits per heavy atom. The maximum absolute atomic E-state index is 13.6. The predicted molar refractivity (Wildman–Crippen MR) is 52.5 cm³/mol. The van der Waals surface area contributed by atoms with E-state index in [1.54, 1.807) is 0 Å². The Bertz CT molecular complexity index is 454. The first-order chi connectivity index (χ1) is 7.93. The largest absolute Gasteiger partial charge is 0.465 e. The van der Waals surface area contributed by atoms with Crippen LogP contribution in [0, 0.1) is 5.82 Å². The molecule has 17 heavy (non-hydrogen) atoms. The normalized spacial score (nSPS) is 18.6. The molecule has 2 rings (SSSR count). The Balaban J connectivity index is 2.19. The molecule has 0 saturated heterocycles. The van der Waals surface area contributed by atoms with Gasteiger partial charge in [-0.3, -0.25) is 4.98 Å². The lowest BCUT2D eigenvalue weighted by atomic mass is 9.79. The van der Waals surface area contributed by atoms with Gasteiger partial charge in [-0.25, -0.2) is 18.0 Å². The zero-order valence-corrected chi connectivity index (χ0v) is 9.04. The van der Waals surface area contributed by atoms with Crippen LogP contribution in [0.3, 0.4) is 0 Å². The smallest absolute Gasteiger partial charge is 0.339 e. The van der Waals surface area contributed by atoms with Crippen LogP contribution >= 0.6 is 0 Å². The van der Waals surface area contributed by atoms with Gasteiger partial charge in [0.25, 0.3) is 0 Å². The Kier molecular flexibility index (Phi) is 2.81. The molecule has 1 aromatic rings. The molecule has 6 heteroatoms. The van der Waals surface area contributed by atoms with Crippen LogP contribution in [0.5, 0.6) is 0 Å². The van der Waals surface area contributed by atoms with Crippen LogP contribution in [-0.2, 0) is 4.74 Å². The van der Waals surface area contributed by atoms with Crippen LogP contribution in [-0.4, -0.2) is 24.0 Å². The summed E-state index contributed by atoms with van der Waals surface area (Å²) in [6, 6.07) is 0.963. The second kappa shape index (κ2) is 4.01. The third-order valence-electron chi connectivity index (χ3n) is 2.77. The minimum absolute atomic E-state index is 0.0106.